The van der Waals surface area contributed by atoms with Crippen molar-refractivity contribution in [3.05, 3.63) is 64.7 Å². The van der Waals surface area contributed by atoms with Gasteiger partial charge in [0.25, 0.3) is 0 Å². The highest BCUT2D eigenvalue weighted by Crippen LogP contribution is 2.25. The highest BCUT2D eigenvalue weighted by atomic mass is 35.5. The second-order valence-electron chi connectivity index (χ2n) is 8.49. The summed E-state index contributed by atoms with van der Waals surface area (Å²) in [4.78, 5) is 16.7. The average molecular weight is 445 g/mol. The first-order valence-electron chi connectivity index (χ1n) is 10.9. The van der Waals surface area contributed by atoms with Crippen LogP contribution >= 0.6 is 11.6 Å². The molecule has 3 rings (SSSR count). The summed E-state index contributed by atoms with van der Waals surface area (Å²) in [6.07, 6.45) is 0.516. The van der Waals surface area contributed by atoms with Crippen molar-refractivity contribution >= 4 is 17.5 Å². The minimum Gasteiger partial charge on any atom is -0.497 e. The van der Waals surface area contributed by atoms with Gasteiger partial charge in [-0.3, -0.25) is 9.69 Å². The summed E-state index contributed by atoms with van der Waals surface area (Å²) >= 11 is 6.13. The second kappa shape index (κ2) is 11.5. The normalized spacial score (nSPS) is 15.8. The van der Waals surface area contributed by atoms with E-state index >= 15 is 0 Å². The fourth-order valence-electron chi connectivity index (χ4n) is 3.81. The summed E-state index contributed by atoms with van der Waals surface area (Å²) < 4.78 is 11.8. The molecule has 1 saturated heterocycles. The van der Waals surface area contributed by atoms with Gasteiger partial charge in [-0.05, 0) is 41.3 Å². The summed E-state index contributed by atoms with van der Waals surface area (Å²) in [6, 6.07) is 15.8. The van der Waals surface area contributed by atoms with E-state index in [4.69, 9.17) is 21.1 Å². The van der Waals surface area contributed by atoms with Gasteiger partial charge >= 0.3 is 0 Å². The van der Waals surface area contributed by atoms with Crippen LogP contribution in [0.3, 0.4) is 0 Å². The van der Waals surface area contributed by atoms with Crippen LogP contribution in [0.25, 0.3) is 0 Å². The van der Waals surface area contributed by atoms with Crippen molar-refractivity contribution < 1.29 is 14.3 Å². The first kappa shape index (κ1) is 23.6. The Morgan fingerprint density at radius 3 is 2.48 bits per heavy atom. The molecule has 0 aromatic heterocycles. The van der Waals surface area contributed by atoms with Gasteiger partial charge in [0.2, 0.25) is 5.91 Å². The third-order valence-electron chi connectivity index (χ3n) is 5.54. The Labute approximate surface area is 190 Å². The van der Waals surface area contributed by atoms with E-state index in [1.54, 1.807) is 7.11 Å². The van der Waals surface area contributed by atoms with E-state index in [1.165, 1.54) is 0 Å². The molecule has 1 fully saturated rings. The monoisotopic (exact) mass is 444 g/mol. The molecule has 2 aromatic carbocycles. The number of hydrogen-bond donors (Lipinski definition) is 0. The van der Waals surface area contributed by atoms with Crippen LogP contribution in [0.2, 0.25) is 5.02 Å². The van der Waals surface area contributed by atoms with Gasteiger partial charge in [-0.15, -0.1) is 0 Å². The van der Waals surface area contributed by atoms with Crippen LogP contribution in [0.4, 0.5) is 0 Å². The van der Waals surface area contributed by atoms with Crippen LogP contribution in [0, 0.1) is 5.92 Å². The summed E-state index contributed by atoms with van der Waals surface area (Å²) in [5.41, 5.74) is 2.13. The predicted molar refractivity (Wildman–Crippen MR) is 124 cm³/mol. The Balaban J connectivity index is 1.65. The van der Waals surface area contributed by atoms with Gasteiger partial charge in [-0.25, -0.2) is 0 Å². The van der Waals surface area contributed by atoms with E-state index in [0.717, 1.165) is 49.6 Å². The Bertz CT molecular complexity index is 850. The van der Waals surface area contributed by atoms with E-state index in [1.807, 2.05) is 47.4 Å². The zero-order valence-electron chi connectivity index (χ0n) is 18.7. The van der Waals surface area contributed by atoms with Gasteiger partial charge in [0.15, 0.2) is 0 Å². The molecular formula is C25H33ClN2O3. The lowest BCUT2D eigenvalue weighted by atomic mass is 10.1. The van der Waals surface area contributed by atoms with Gasteiger partial charge in [0.1, 0.15) is 5.75 Å². The molecule has 5 nitrogen and oxygen atoms in total. The van der Waals surface area contributed by atoms with E-state index in [0.29, 0.717) is 24.0 Å². The Kier molecular flexibility index (Phi) is 8.76. The highest BCUT2D eigenvalue weighted by Gasteiger charge is 2.24. The van der Waals surface area contributed by atoms with Crippen molar-refractivity contribution in [2.45, 2.75) is 33.0 Å². The number of halogens is 1. The quantitative estimate of drug-likeness (QED) is 0.557. The zero-order valence-corrected chi connectivity index (χ0v) is 19.5. The lowest BCUT2D eigenvalue weighted by molar-refractivity contribution is -0.134. The number of ether oxygens (including phenoxy) is 2. The number of hydrogen-bond acceptors (Lipinski definition) is 4. The van der Waals surface area contributed by atoms with Crippen molar-refractivity contribution in [2.75, 3.05) is 39.8 Å². The fraction of sp³-hybridized carbons (Fsp3) is 0.480. The van der Waals surface area contributed by atoms with Gasteiger partial charge in [-0.1, -0.05) is 49.7 Å². The summed E-state index contributed by atoms with van der Waals surface area (Å²) in [5.74, 6) is 1.47. The molecule has 0 spiro atoms. The van der Waals surface area contributed by atoms with Gasteiger partial charge < -0.3 is 14.4 Å². The zero-order chi connectivity index (χ0) is 22.2. The molecule has 1 atom stereocenters. The molecule has 1 heterocycles. The van der Waals surface area contributed by atoms with Crippen molar-refractivity contribution in [1.82, 2.24) is 9.80 Å². The molecule has 168 valence electrons. The molecule has 0 N–H and O–H groups in total. The number of rotatable bonds is 9. The molecule has 0 saturated carbocycles. The van der Waals surface area contributed by atoms with Crippen molar-refractivity contribution in [3.8, 4) is 5.75 Å². The van der Waals surface area contributed by atoms with E-state index in [-0.39, 0.29) is 12.0 Å². The molecule has 0 aliphatic carbocycles. The smallest absolute Gasteiger partial charge is 0.222 e. The Hall–Kier alpha value is -2.08. The number of carbonyl (C=O) groups is 1. The molecule has 1 unspecified atom stereocenters. The topological polar surface area (TPSA) is 42.0 Å². The molecular weight excluding hydrogens is 412 g/mol. The number of amides is 1. The van der Waals surface area contributed by atoms with Crippen molar-refractivity contribution in [3.63, 3.8) is 0 Å². The van der Waals surface area contributed by atoms with Gasteiger partial charge in [-0.2, -0.15) is 0 Å². The molecule has 0 bridgehead atoms. The van der Waals surface area contributed by atoms with Crippen LogP contribution in [-0.4, -0.2) is 55.5 Å². The third kappa shape index (κ3) is 7.23. The number of methoxy groups -OCH3 is 1. The van der Waals surface area contributed by atoms with Crippen LogP contribution in [0.5, 0.6) is 5.75 Å². The van der Waals surface area contributed by atoms with E-state index in [2.05, 4.69) is 24.8 Å². The maximum atomic E-state index is 12.4. The first-order chi connectivity index (χ1) is 14.9. The molecule has 31 heavy (non-hydrogen) atoms. The third-order valence-corrected chi connectivity index (χ3v) is 5.77. The van der Waals surface area contributed by atoms with Crippen LogP contribution in [-0.2, 0) is 16.1 Å². The minimum absolute atomic E-state index is 0.105. The predicted octanol–water partition coefficient (Wildman–Crippen LogP) is 4.80. The highest BCUT2D eigenvalue weighted by molar-refractivity contribution is 6.30. The Morgan fingerprint density at radius 2 is 1.81 bits per heavy atom. The first-order valence-corrected chi connectivity index (χ1v) is 11.3. The maximum Gasteiger partial charge on any atom is 0.222 e. The van der Waals surface area contributed by atoms with Gasteiger partial charge in [0, 0.05) is 44.2 Å². The number of nitrogens with zero attached hydrogens (tertiary/aromatic N) is 2. The van der Waals surface area contributed by atoms with Crippen molar-refractivity contribution in [2.24, 2.45) is 5.92 Å². The average Bonchev–Trinajstić information content (AvgIpc) is 2.76. The van der Waals surface area contributed by atoms with Crippen molar-refractivity contribution in [1.29, 1.82) is 0 Å². The number of piperazine rings is 1. The van der Waals surface area contributed by atoms with Crippen LogP contribution < -0.4 is 4.74 Å². The molecule has 2 aromatic rings. The molecule has 6 heteroatoms. The SMILES string of the molecule is COc1cccc(C(CN2CCN(C(=O)CC(C)C)CC2)OCc2cccc(Cl)c2)c1. The minimum atomic E-state index is -0.105. The Morgan fingerprint density at radius 1 is 1.06 bits per heavy atom. The van der Waals surface area contributed by atoms with Crippen LogP contribution in [0.15, 0.2) is 48.5 Å². The number of carbonyl (C=O) groups excluding carboxylic acids is 1. The number of benzene rings is 2. The molecule has 1 aliphatic heterocycles. The standard InChI is InChI=1S/C25H33ClN2O3/c1-19(2)14-25(29)28-12-10-27(11-13-28)17-24(21-7-5-9-23(16-21)30-3)31-18-20-6-4-8-22(26)15-20/h4-9,15-16,19,24H,10-14,17-18H2,1-3H3. The lowest BCUT2D eigenvalue weighted by Crippen LogP contribution is -2.49. The largest absolute Gasteiger partial charge is 0.497 e. The molecule has 1 amide bonds. The fourth-order valence-corrected chi connectivity index (χ4v) is 4.03. The van der Waals surface area contributed by atoms with E-state index < -0.39 is 0 Å². The summed E-state index contributed by atoms with van der Waals surface area (Å²) in [6.45, 7) is 8.66. The van der Waals surface area contributed by atoms with Gasteiger partial charge in [0.05, 0.1) is 19.8 Å². The van der Waals surface area contributed by atoms with E-state index in [9.17, 15) is 4.79 Å². The summed E-state index contributed by atoms with van der Waals surface area (Å²) in [7, 11) is 1.67. The summed E-state index contributed by atoms with van der Waals surface area (Å²) in [5, 5.41) is 0.709. The molecule has 0 radical (unpaired) electrons. The maximum absolute atomic E-state index is 12.4. The lowest BCUT2D eigenvalue weighted by Gasteiger charge is -2.36. The van der Waals surface area contributed by atoms with Crippen LogP contribution in [0.1, 0.15) is 37.5 Å². The molecule has 1 aliphatic rings. The second-order valence-corrected chi connectivity index (χ2v) is 8.92.